The highest BCUT2D eigenvalue weighted by Gasteiger charge is 2.31. The molecular formula is C18H28N2O3. The van der Waals surface area contributed by atoms with Crippen LogP contribution in [-0.2, 0) is 16.1 Å². The Morgan fingerprint density at radius 2 is 2.17 bits per heavy atom. The smallest absolute Gasteiger partial charge is 0.223 e. The fourth-order valence-electron chi connectivity index (χ4n) is 3.15. The first-order chi connectivity index (χ1) is 11.2. The van der Waals surface area contributed by atoms with E-state index < -0.39 is 0 Å². The Bertz CT molecular complexity index is 519. The van der Waals surface area contributed by atoms with Gasteiger partial charge in [-0.3, -0.25) is 4.79 Å². The zero-order valence-electron chi connectivity index (χ0n) is 14.1. The number of ether oxygens (including phenoxy) is 2. The standard InChI is InChI=1S/C18H28N2O3/c1-13-6-7-15(17(10-13)23-9-8-22-2)12-20-18(21)16-5-3-4-14(16)11-19/h6-7,10,14,16H,3-5,8-9,11-12,19H2,1-2H3,(H,20,21)/t14-,16-/m1/s1. The third-order valence-corrected chi connectivity index (χ3v) is 4.52. The lowest BCUT2D eigenvalue weighted by Crippen LogP contribution is -2.34. The summed E-state index contributed by atoms with van der Waals surface area (Å²) in [7, 11) is 1.65. The van der Waals surface area contributed by atoms with Crippen LogP contribution >= 0.6 is 0 Å². The lowest BCUT2D eigenvalue weighted by atomic mass is 9.95. The van der Waals surface area contributed by atoms with Crippen molar-refractivity contribution in [1.82, 2.24) is 5.32 Å². The van der Waals surface area contributed by atoms with Gasteiger partial charge < -0.3 is 20.5 Å². The highest BCUT2D eigenvalue weighted by molar-refractivity contribution is 5.79. The summed E-state index contributed by atoms with van der Waals surface area (Å²) in [5.41, 5.74) is 7.89. The van der Waals surface area contributed by atoms with E-state index in [4.69, 9.17) is 15.2 Å². The van der Waals surface area contributed by atoms with Crippen LogP contribution in [-0.4, -0.2) is 32.8 Å². The van der Waals surface area contributed by atoms with Crippen LogP contribution in [0, 0.1) is 18.8 Å². The van der Waals surface area contributed by atoms with E-state index in [1.54, 1.807) is 7.11 Å². The lowest BCUT2D eigenvalue weighted by Gasteiger charge is -2.18. The summed E-state index contributed by atoms with van der Waals surface area (Å²) in [6.07, 6.45) is 3.10. The maximum atomic E-state index is 12.4. The number of methoxy groups -OCH3 is 1. The van der Waals surface area contributed by atoms with Crippen LogP contribution in [0.4, 0.5) is 0 Å². The van der Waals surface area contributed by atoms with E-state index >= 15 is 0 Å². The average molecular weight is 320 g/mol. The van der Waals surface area contributed by atoms with Gasteiger partial charge in [0.25, 0.3) is 0 Å². The summed E-state index contributed by atoms with van der Waals surface area (Å²) < 4.78 is 10.8. The van der Waals surface area contributed by atoms with Gasteiger partial charge in [-0.2, -0.15) is 0 Å². The molecule has 0 unspecified atom stereocenters. The zero-order valence-corrected chi connectivity index (χ0v) is 14.1. The number of nitrogens with two attached hydrogens (primary N) is 1. The van der Waals surface area contributed by atoms with Crippen LogP contribution in [0.1, 0.15) is 30.4 Å². The number of nitrogens with one attached hydrogen (secondary N) is 1. The van der Waals surface area contributed by atoms with Crippen molar-refractivity contribution in [3.05, 3.63) is 29.3 Å². The van der Waals surface area contributed by atoms with E-state index in [1.165, 1.54) is 0 Å². The first kappa shape index (κ1) is 17.8. The number of hydrogen-bond acceptors (Lipinski definition) is 4. The first-order valence-electron chi connectivity index (χ1n) is 8.34. The summed E-state index contributed by atoms with van der Waals surface area (Å²) in [4.78, 5) is 12.4. The largest absolute Gasteiger partial charge is 0.491 e. The molecular weight excluding hydrogens is 292 g/mol. The molecule has 1 aromatic carbocycles. The molecule has 1 aliphatic carbocycles. The second-order valence-electron chi connectivity index (χ2n) is 6.20. The van der Waals surface area contributed by atoms with Crippen molar-refractivity contribution >= 4 is 5.91 Å². The number of amides is 1. The number of carbonyl (C=O) groups excluding carboxylic acids is 1. The van der Waals surface area contributed by atoms with Gasteiger partial charge in [0.2, 0.25) is 5.91 Å². The van der Waals surface area contributed by atoms with Gasteiger partial charge >= 0.3 is 0 Å². The minimum Gasteiger partial charge on any atom is -0.491 e. The predicted molar refractivity (Wildman–Crippen MR) is 90.3 cm³/mol. The van der Waals surface area contributed by atoms with Crippen molar-refractivity contribution in [2.75, 3.05) is 26.9 Å². The minimum absolute atomic E-state index is 0.0586. The van der Waals surface area contributed by atoms with Gasteiger partial charge in [0.15, 0.2) is 0 Å². The van der Waals surface area contributed by atoms with E-state index in [9.17, 15) is 4.79 Å². The molecule has 5 nitrogen and oxygen atoms in total. The minimum atomic E-state index is 0.0586. The molecule has 0 aromatic heterocycles. The number of rotatable bonds is 8. The second kappa shape index (κ2) is 8.89. The molecule has 2 rings (SSSR count). The maximum Gasteiger partial charge on any atom is 0.223 e. The SMILES string of the molecule is COCCOc1cc(C)ccc1CNC(=O)[C@@H]1CCC[C@@H]1CN. The average Bonchev–Trinajstić information content (AvgIpc) is 3.03. The molecule has 23 heavy (non-hydrogen) atoms. The molecule has 0 aliphatic heterocycles. The van der Waals surface area contributed by atoms with Crippen molar-refractivity contribution in [2.45, 2.75) is 32.7 Å². The molecule has 0 heterocycles. The number of hydrogen-bond donors (Lipinski definition) is 2. The molecule has 1 aliphatic rings. The van der Waals surface area contributed by atoms with Gasteiger partial charge in [0.05, 0.1) is 6.61 Å². The summed E-state index contributed by atoms with van der Waals surface area (Å²) in [5.74, 6) is 1.30. The Morgan fingerprint density at radius 3 is 2.91 bits per heavy atom. The van der Waals surface area contributed by atoms with E-state index in [1.807, 2.05) is 25.1 Å². The molecule has 2 atom stereocenters. The Balaban J connectivity index is 1.95. The van der Waals surface area contributed by atoms with Crippen molar-refractivity contribution in [3.8, 4) is 5.75 Å². The number of carbonyl (C=O) groups is 1. The Morgan fingerprint density at radius 1 is 1.35 bits per heavy atom. The molecule has 3 N–H and O–H groups in total. The molecule has 0 saturated heterocycles. The van der Waals surface area contributed by atoms with Crippen molar-refractivity contribution in [1.29, 1.82) is 0 Å². The van der Waals surface area contributed by atoms with Crippen molar-refractivity contribution in [3.63, 3.8) is 0 Å². The van der Waals surface area contributed by atoms with E-state index in [0.29, 0.717) is 32.2 Å². The molecule has 0 spiro atoms. The lowest BCUT2D eigenvalue weighted by molar-refractivity contribution is -0.126. The van der Waals surface area contributed by atoms with Crippen molar-refractivity contribution in [2.24, 2.45) is 17.6 Å². The molecule has 1 amide bonds. The Hall–Kier alpha value is -1.59. The summed E-state index contributed by atoms with van der Waals surface area (Å²) in [5, 5.41) is 3.05. The first-order valence-corrected chi connectivity index (χ1v) is 8.34. The third kappa shape index (κ3) is 4.94. The Labute approximate surface area is 138 Å². The maximum absolute atomic E-state index is 12.4. The van der Waals surface area contributed by atoms with Crippen molar-refractivity contribution < 1.29 is 14.3 Å². The van der Waals surface area contributed by atoms with Crippen LogP contribution in [0.5, 0.6) is 5.75 Å². The second-order valence-corrected chi connectivity index (χ2v) is 6.20. The fraction of sp³-hybridized carbons (Fsp3) is 0.611. The molecule has 128 valence electrons. The fourth-order valence-corrected chi connectivity index (χ4v) is 3.15. The molecule has 0 bridgehead atoms. The van der Waals surface area contributed by atoms with Gasteiger partial charge in [-0.1, -0.05) is 18.6 Å². The quantitative estimate of drug-likeness (QED) is 0.719. The van der Waals surface area contributed by atoms with E-state index in [2.05, 4.69) is 5.32 Å². The van der Waals surface area contributed by atoms with Gasteiger partial charge in [-0.15, -0.1) is 0 Å². The monoisotopic (exact) mass is 320 g/mol. The van der Waals surface area contributed by atoms with E-state index in [0.717, 1.165) is 36.1 Å². The van der Waals surface area contributed by atoms with Crippen LogP contribution in [0.15, 0.2) is 18.2 Å². The van der Waals surface area contributed by atoms with Gasteiger partial charge in [0, 0.05) is 25.1 Å². The molecule has 1 aromatic rings. The zero-order chi connectivity index (χ0) is 16.7. The van der Waals surface area contributed by atoms with Crippen LogP contribution in [0.25, 0.3) is 0 Å². The number of aryl methyl sites for hydroxylation is 1. The van der Waals surface area contributed by atoms with Gasteiger partial charge in [-0.05, 0) is 43.9 Å². The highest BCUT2D eigenvalue weighted by Crippen LogP contribution is 2.31. The van der Waals surface area contributed by atoms with Crippen LogP contribution < -0.4 is 15.8 Å². The van der Waals surface area contributed by atoms with Crippen LogP contribution in [0.2, 0.25) is 0 Å². The highest BCUT2D eigenvalue weighted by atomic mass is 16.5. The summed E-state index contributed by atoms with van der Waals surface area (Å²) in [6.45, 7) is 4.14. The Kier molecular flexibility index (Phi) is 6.86. The van der Waals surface area contributed by atoms with Crippen LogP contribution in [0.3, 0.4) is 0 Å². The topological polar surface area (TPSA) is 73.6 Å². The molecule has 0 radical (unpaired) electrons. The molecule has 1 saturated carbocycles. The van der Waals surface area contributed by atoms with Gasteiger partial charge in [-0.25, -0.2) is 0 Å². The third-order valence-electron chi connectivity index (χ3n) is 4.52. The predicted octanol–water partition coefficient (Wildman–Crippen LogP) is 2.01. The van der Waals surface area contributed by atoms with Gasteiger partial charge in [0.1, 0.15) is 12.4 Å². The summed E-state index contributed by atoms with van der Waals surface area (Å²) >= 11 is 0. The molecule has 5 heteroatoms. The normalized spacial score (nSPS) is 20.5. The number of benzene rings is 1. The molecule has 1 fully saturated rings. The van der Waals surface area contributed by atoms with E-state index in [-0.39, 0.29) is 11.8 Å². The summed E-state index contributed by atoms with van der Waals surface area (Å²) in [6, 6.07) is 6.03.